The third kappa shape index (κ3) is 4.39. The smallest absolute Gasteiger partial charge is 0.255 e. The summed E-state index contributed by atoms with van der Waals surface area (Å²) in [7, 11) is -2.88. The maximum absolute atomic E-state index is 12.3. The van der Waals surface area contributed by atoms with E-state index in [0.29, 0.717) is 30.9 Å². The van der Waals surface area contributed by atoms with Crippen molar-refractivity contribution in [2.75, 3.05) is 29.9 Å². The molecule has 0 saturated carbocycles. The van der Waals surface area contributed by atoms with Crippen LogP contribution in [0.5, 0.6) is 0 Å². The minimum atomic E-state index is -2.88. The number of anilines is 1. The average molecular weight is 345 g/mol. The van der Waals surface area contributed by atoms with Gasteiger partial charge in [0, 0.05) is 31.4 Å². The minimum Gasteiger partial charge on any atom is -0.321 e. The lowest BCUT2D eigenvalue weighted by atomic mass is 10.1. The van der Waals surface area contributed by atoms with E-state index in [1.54, 1.807) is 30.6 Å². The molecule has 1 fully saturated rings. The number of amides is 1. The zero-order valence-corrected chi connectivity index (χ0v) is 14.0. The zero-order chi connectivity index (χ0) is 17.0. The number of nitrogens with zero attached hydrogens (tertiary/aromatic N) is 2. The standard InChI is InChI=1S/C17H19N3O3S/c21-17(19-16-5-2-6-18-12-16)15-4-1-3-14(11-15)13-20-7-9-24(22,23)10-8-20/h1-6,11-12H,7-10,13H2,(H,19,21). The number of benzene rings is 1. The molecule has 0 bridgehead atoms. The zero-order valence-electron chi connectivity index (χ0n) is 13.2. The van der Waals surface area contributed by atoms with Crippen LogP contribution < -0.4 is 5.32 Å². The molecule has 0 unspecified atom stereocenters. The second-order valence-electron chi connectivity index (χ2n) is 5.82. The van der Waals surface area contributed by atoms with Crippen LogP contribution in [0.15, 0.2) is 48.8 Å². The number of hydrogen-bond acceptors (Lipinski definition) is 5. The Morgan fingerprint density at radius 3 is 2.67 bits per heavy atom. The van der Waals surface area contributed by atoms with Gasteiger partial charge >= 0.3 is 0 Å². The van der Waals surface area contributed by atoms with Gasteiger partial charge < -0.3 is 5.32 Å². The first-order valence-corrected chi connectivity index (χ1v) is 9.57. The molecule has 0 radical (unpaired) electrons. The average Bonchev–Trinajstić information content (AvgIpc) is 2.58. The van der Waals surface area contributed by atoms with Crippen molar-refractivity contribution in [1.29, 1.82) is 0 Å². The second kappa shape index (κ2) is 7.11. The van der Waals surface area contributed by atoms with Crippen LogP contribution in [-0.2, 0) is 16.4 Å². The lowest BCUT2D eigenvalue weighted by molar-refractivity contribution is 0.102. The molecule has 3 rings (SSSR count). The van der Waals surface area contributed by atoms with E-state index in [9.17, 15) is 13.2 Å². The normalized spacial score (nSPS) is 17.3. The Morgan fingerprint density at radius 1 is 1.17 bits per heavy atom. The van der Waals surface area contributed by atoms with E-state index < -0.39 is 9.84 Å². The number of pyridine rings is 1. The number of nitrogens with one attached hydrogen (secondary N) is 1. The van der Waals surface area contributed by atoms with E-state index in [1.807, 2.05) is 18.2 Å². The summed E-state index contributed by atoms with van der Waals surface area (Å²) in [5.41, 5.74) is 2.21. The Morgan fingerprint density at radius 2 is 1.96 bits per heavy atom. The van der Waals surface area contributed by atoms with Gasteiger partial charge in [-0.25, -0.2) is 8.42 Å². The van der Waals surface area contributed by atoms with Crippen molar-refractivity contribution in [2.45, 2.75) is 6.54 Å². The number of rotatable bonds is 4. The van der Waals surface area contributed by atoms with Crippen LogP contribution in [-0.4, -0.2) is 48.8 Å². The van der Waals surface area contributed by atoms with Gasteiger partial charge in [0.2, 0.25) is 0 Å². The minimum absolute atomic E-state index is 0.189. The quantitative estimate of drug-likeness (QED) is 0.910. The summed E-state index contributed by atoms with van der Waals surface area (Å²) in [4.78, 5) is 18.4. The first kappa shape index (κ1) is 16.6. The Kier molecular flexibility index (Phi) is 4.92. The SMILES string of the molecule is O=C(Nc1cccnc1)c1cccc(CN2CCS(=O)(=O)CC2)c1. The summed E-state index contributed by atoms with van der Waals surface area (Å²) in [6.45, 7) is 1.71. The largest absolute Gasteiger partial charge is 0.321 e. The fraction of sp³-hybridized carbons (Fsp3) is 0.294. The van der Waals surface area contributed by atoms with Gasteiger partial charge in [0.05, 0.1) is 23.4 Å². The molecule has 2 aromatic rings. The molecular formula is C17H19N3O3S. The first-order valence-electron chi connectivity index (χ1n) is 7.75. The van der Waals surface area contributed by atoms with Gasteiger partial charge in [-0.05, 0) is 29.8 Å². The van der Waals surface area contributed by atoms with E-state index in [1.165, 1.54) is 0 Å². The molecule has 2 heterocycles. The van der Waals surface area contributed by atoms with E-state index in [4.69, 9.17) is 0 Å². The van der Waals surface area contributed by atoms with Crippen LogP contribution in [0.1, 0.15) is 15.9 Å². The van der Waals surface area contributed by atoms with E-state index in [0.717, 1.165) is 5.56 Å². The molecule has 1 aromatic heterocycles. The van der Waals surface area contributed by atoms with E-state index >= 15 is 0 Å². The molecule has 6 nitrogen and oxygen atoms in total. The molecule has 0 spiro atoms. The number of carbonyl (C=O) groups excluding carboxylic acids is 1. The Labute approximate surface area is 141 Å². The fourth-order valence-electron chi connectivity index (χ4n) is 2.62. The van der Waals surface area contributed by atoms with Crippen molar-refractivity contribution in [3.63, 3.8) is 0 Å². The van der Waals surface area contributed by atoms with E-state index in [-0.39, 0.29) is 17.4 Å². The summed E-state index contributed by atoms with van der Waals surface area (Å²) < 4.78 is 23.0. The Balaban J connectivity index is 1.65. The molecule has 1 aliphatic heterocycles. The van der Waals surface area contributed by atoms with Crippen molar-refractivity contribution in [1.82, 2.24) is 9.88 Å². The molecule has 1 aromatic carbocycles. The van der Waals surface area contributed by atoms with Crippen LogP contribution >= 0.6 is 0 Å². The van der Waals surface area contributed by atoms with Gasteiger partial charge in [0.15, 0.2) is 9.84 Å². The number of sulfone groups is 1. The van der Waals surface area contributed by atoms with Crippen LogP contribution in [0.25, 0.3) is 0 Å². The summed E-state index contributed by atoms with van der Waals surface area (Å²) in [6, 6.07) is 10.9. The highest BCUT2D eigenvalue weighted by Crippen LogP contribution is 2.13. The Hall–Kier alpha value is -2.25. The second-order valence-corrected chi connectivity index (χ2v) is 8.13. The van der Waals surface area contributed by atoms with Crippen molar-refractivity contribution >= 4 is 21.4 Å². The Bertz CT molecular complexity index is 808. The van der Waals surface area contributed by atoms with Gasteiger partial charge in [-0.3, -0.25) is 14.7 Å². The summed E-state index contributed by atoms with van der Waals surface area (Å²) in [5.74, 6) is 0.216. The summed E-state index contributed by atoms with van der Waals surface area (Å²) in [5, 5.41) is 2.81. The lowest BCUT2D eigenvalue weighted by Gasteiger charge is -2.26. The molecule has 1 saturated heterocycles. The van der Waals surface area contributed by atoms with Crippen LogP contribution in [0.4, 0.5) is 5.69 Å². The molecule has 1 amide bonds. The van der Waals surface area contributed by atoms with Crippen molar-refractivity contribution in [3.8, 4) is 0 Å². The van der Waals surface area contributed by atoms with E-state index in [2.05, 4.69) is 15.2 Å². The molecule has 7 heteroatoms. The first-order chi connectivity index (χ1) is 11.5. The molecule has 0 atom stereocenters. The molecule has 1 aliphatic rings. The highest BCUT2D eigenvalue weighted by Gasteiger charge is 2.21. The molecule has 24 heavy (non-hydrogen) atoms. The number of carbonyl (C=O) groups is 1. The maximum Gasteiger partial charge on any atom is 0.255 e. The van der Waals surface area contributed by atoms with Crippen LogP contribution in [0.2, 0.25) is 0 Å². The van der Waals surface area contributed by atoms with Gasteiger partial charge in [-0.1, -0.05) is 12.1 Å². The van der Waals surface area contributed by atoms with Crippen LogP contribution in [0.3, 0.4) is 0 Å². The molecule has 0 aliphatic carbocycles. The van der Waals surface area contributed by atoms with Crippen molar-refractivity contribution in [3.05, 3.63) is 59.9 Å². The number of hydrogen-bond donors (Lipinski definition) is 1. The summed E-state index contributed by atoms with van der Waals surface area (Å²) in [6.07, 6.45) is 3.24. The maximum atomic E-state index is 12.3. The van der Waals surface area contributed by atoms with Gasteiger partial charge in [0.1, 0.15) is 0 Å². The van der Waals surface area contributed by atoms with Gasteiger partial charge in [0.25, 0.3) is 5.91 Å². The molecule has 126 valence electrons. The predicted molar refractivity (Wildman–Crippen MR) is 92.6 cm³/mol. The summed E-state index contributed by atoms with van der Waals surface area (Å²) >= 11 is 0. The van der Waals surface area contributed by atoms with Gasteiger partial charge in [-0.2, -0.15) is 0 Å². The predicted octanol–water partition coefficient (Wildman–Crippen LogP) is 1.56. The highest BCUT2D eigenvalue weighted by molar-refractivity contribution is 7.91. The lowest BCUT2D eigenvalue weighted by Crippen LogP contribution is -2.39. The third-order valence-corrected chi connectivity index (χ3v) is 5.56. The van der Waals surface area contributed by atoms with Crippen LogP contribution in [0, 0.1) is 0 Å². The fourth-order valence-corrected chi connectivity index (χ4v) is 3.89. The topological polar surface area (TPSA) is 79.4 Å². The van der Waals surface area contributed by atoms with Crippen molar-refractivity contribution in [2.24, 2.45) is 0 Å². The molecule has 1 N–H and O–H groups in total. The molecular weight excluding hydrogens is 326 g/mol. The highest BCUT2D eigenvalue weighted by atomic mass is 32.2. The van der Waals surface area contributed by atoms with Gasteiger partial charge in [-0.15, -0.1) is 0 Å². The van der Waals surface area contributed by atoms with Crippen molar-refractivity contribution < 1.29 is 13.2 Å². The monoisotopic (exact) mass is 345 g/mol. The third-order valence-electron chi connectivity index (χ3n) is 3.95. The number of aromatic nitrogens is 1.